The Morgan fingerprint density at radius 2 is 2.20 bits per heavy atom. The quantitative estimate of drug-likeness (QED) is 0.848. The van der Waals surface area contributed by atoms with E-state index in [-0.39, 0.29) is 0 Å². The maximum absolute atomic E-state index is 4.58. The van der Waals surface area contributed by atoms with Crippen LogP contribution in [0.4, 0.5) is 0 Å². The molecule has 0 amide bonds. The second-order valence-corrected chi connectivity index (χ2v) is 5.95. The Morgan fingerprint density at radius 3 is 2.90 bits per heavy atom. The minimum absolute atomic E-state index is 0.329. The number of nitrogens with one attached hydrogen (secondary N) is 1. The molecule has 114 valence electrons. The Labute approximate surface area is 123 Å². The number of aryl methyl sites for hydroxylation is 1. The molecule has 1 aliphatic heterocycles. The molecule has 0 spiro atoms. The zero-order valence-electron chi connectivity index (χ0n) is 13.3. The van der Waals surface area contributed by atoms with Gasteiger partial charge in [-0.2, -0.15) is 0 Å². The van der Waals surface area contributed by atoms with E-state index >= 15 is 0 Å². The van der Waals surface area contributed by atoms with Crippen molar-refractivity contribution in [2.45, 2.75) is 38.4 Å². The molecule has 1 aromatic heterocycles. The van der Waals surface area contributed by atoms with Crippen LogP contribution in [0, 0.1) is 0 Å². The van der Waals surface area contributed by atoms with Gasteiger partial charge in [-0.1, -0.05) is 6.92 Å². The third-order valence-electron chi connectivity index (χ3n) is 4.36. The maximum Gasteiger partial charge on any atom is 0.125 e. The van der Waals surface area contributed by atoms with Crippen molar-refractivity contribution in [2.75, 3.05) is 40.8 Å². The van der Waals surface area contributed by atoms with Crippen LogP contribution in [-0.2, 0) is 6.54 Å². The molecule has 2 atom stereocenters. The Hall–Kier alpha value is -0.910. The van der Waals surface area contributed by atoms with E-state index in [1.807, 2.05) is 13.2 Å². The molecule has 1 fully saturated rings. The number of hydrogen-bond acceptors (Lipinski definition) is 4. The van der Waals surface area contributed by atoms with Gasteiger partial charge >= 0.3 is 0 Å². The highest BCUT2D eigenvalue weighted by molar-refractivity contribution is 5.01. The Kier molecular flexibility index (Phi) is 5.57. The van der Waals surface area contributed by atoms with Gasteiger partial charge in [-0.05, 0) is 34.0 Å². The second kappa shape index (κ2) is 7.20. The lowest BCUT2D eigenvalue weighted by Crippen LogP contribution is -2.51. The van der Waals surface area contributed by atoms with Crippen molar-refractivity contribution in [2.24, 2.45) is 0 Å². The highest BCUT2D eigenvalue weighted by atomic mass is 15.3. The fourth-order valence-corrected chi connectivity index (χ4v) is 3.04. The van der Waals surface area contributed by atoms with Gasteiger partial charge < -0.3 is 19.7 Å². The number of piperazine rings is 1. The van der Waals surface area contributed by atoms with Crippen molar-refractivity contribution < 1.29 is 0 Å². The summed E-state index contributed by atoms with van der Waals surface area (Å²) >= 11 is 0. The molecule has 0 bridgehead atoms. The van der Waals surface area contributed by atoms with Gasteiger partial charge in [0.1, 0.15) is 5.82 Å². The first-order chi connectivity index (χ1) is 9.65. The molecule has 0 aliphatic carbocycles. The number of hydrogen-bond donors (Lipinski definition) is 1. The van der Waals surface area contributed by atoms with Crippen LogP contribution >= 0.6 is 0 Å². The topological polar surface area (TPSA) is 36.3 Å². The lowest BCUT2D eigenvalue weighted by Gasteiger charge is -2.39. The minimum Gasteiger partial charge on any atom is -0.334 e. The number of imidazole rings is 1. The fourth-order valence-electron chi connectivity index (χ4n) is 3.04. The standard InChI is InChI=1S/C15H29N5/c1-5-7-20-8-6-17-15(20)14(16-2)11-13-12-18(3)9-10-19(13)4/h6,8,13-14,16H,5,7,9-12H2,1-4H3. The van der Waals surface area contributed by atoms with Crippen LogP contribution in [0.2, 0.25) is 0 Å². The van der Waals surface area contributed by atoms with Crippen molar-refractivity contribution in [3.8, 4) is 0 Å². The SMILES string of the molecule is CCCn1ccnc1C(CC1CN(C)CCN1C)NC. The van der Waals surface area contributed by atoms with Crippen molar-refractivity contribution in [3.05, 3.63) is 18.2 Å². The lowest BCUT2D eigenvalue weighted by atomic mass is 10.0. The third kappa shape index (κ3) is 3.59. The number of nitrogens with zero attached hydrogens (tertiary/aromatic N) is 4. The molecule has 2 rings (SSSR count). The first-order valence-corrected chi connectivity index (χ1v) is 7.72. The van der Waals surface area contributed by atoms with E-state index in [1.54, 1.807) is 0 Å². The van der Waals surface area contributed by atoms with Crippen LogP contribution in [-0.4, -0.2) is 66.2 Å². The van der Waals surface area contributed by atoms with Crippen molar-refractivity contribution in [3.63, 3.8) is 0 Å². The van der Waals surface area contributed by atoms with Gasteiger partial charge in [0.2, 0.25) is 0 Å². The van der Waals surface area contributed by atoms with Crippen molar-refractivity contribution in [1.82, 2.24) is 24.7 Å². The molecule has 1 aliphatic rings. The van der Waals surface area contributed by atoms with Gasteiger partial charge in [-0.15, -0.1) is 0 Å². The van der Waals surface area contributed by atoms with Gasteiger partial charge in [-0.3, -0.25) is 0 Å². The second-order valence-electron chi connectivity index (χ2n) is 5.95. The van der Waals surface area contributed by atoms with E-state index in [4.69, 9.17) is 0 Å². The summed E-state index contributed by atoms with van der Waals surface area (Å²) in [6, 6.07) is 0.925. The van der Waals surface area contributed by atoms with E-state index in [1.165, 1.54) is 12.4 Å². The van der Waals surface area contributed by atoms with Crippen LogP contribution in [0.15, 0.2) is 12.4 Å². The monoisotopic (exact) mass is 279 g/mol. The third-order valence-corrected chi connectivity index (χ3v) is 4.36. The number of rotatable bonds is 6. The van der Waals surface area contributed by atoms with Gasteiger partial charge in [0, 0.05) is 44.6 Å². The van der Waals surface area contributed by atoms with E-state index in [2.05, 4.69) is 51.9 Å². The summed E-state index contributed by atoms with van der Waals surface area (Å²) in [5, 5.41) is 3.46. The fraction of sp³-hybridized carbons (Fsp3) is 0.800. The van der Waals surface area contributed by atoms with Gasteiger partial charge in [0.25, 0.3) is 0 Å². The minimum atomic E-state index is 0.329. The average Bonchev–Trinajstić information content (AvgIpc) is 2.88. The Bertz CT molecular complexity index is 403. The summed E-state index contributed by atoms with van der Waals surface area (Å²) in [6.45, 7) is 6.72. The summed E-state index contributed by atoms with van der Waals surface area (Å²) in [7, 11) is 6.50. The highest BCUT2D eigenvalue weighted by Crippen LogP contribution is 2.21. The molecule has 0 saturated carbocycles. The van der Waals surface area contributed by atoms with E-state index in [9.17, 15) is 0 Å². The Morgan fingerprint density at radius 1 is 1.40 bits per heavy atom. The van der Waals surface area contributed by atoms with Crippen LogP contribution in [0.1, 0.15) is 31.6 Å². The predicted octanol–water partition coefficient (Wildman–Crippen LogP) is 1.19. The maximum atomic E-state index is 4.58. The first-order valence-electron chi connectivity index (χ1n) is 7.72. The predicted molar refractivity (Wildman–Crippen MR) is 82.9 cm³/mol. The number of likely N-dealkylation sites (N-methyl/N-ethyl adjacent to an activating group) is 2. The van der Waals surface area contributed by atoms with Gasteiger partial charge in [-0.25, -0.2) is 4.98 Å². The molecule has 5 heteroatoms. The summed E-state index contributed by atoms with van der Waals surface area (Å²) in [5.74, 6) is 1.18. The molecule has 5 nitrogen and oxygen atoms in total. The molecule has 2 heterocycles. The van der Waals surface area contributed by atoms with Crippen molar-refractivity contribution >= 4 is 0 Å². The zero-order chi connectivity index (χ0) is 14.5. The highest BCUT2D eigenvalue weighted by Gasteiger charge is 2.27. The van der Waals surface area contributed by atoms with Gasteiger partial charge in [0.05, 0.1) is 6.04 Å². The average molecular weight is 279 g/mol. The molecule has 20 heavy (non-hydrogen) atoms. The summed E-state index contributed by atoms with van der Waals surface area (Å²) in [4.78, 5) is 9.49. The van der Waals surface area contributed by atoms with Crippen LogP contribution in [0.3, 0.4) is 0 Å². The summed E-state index contributed by atoms with van der Waals surface area (Å²) < 4.78 is 2.29. The molecular formula is C15H29N5. The lowest BCUT2D eigenvalue weighted by molar-refractivity contribution is 0.101. The molecule has 1 aromatic rings. The Balaban J connectivity index is 2.06. The summed E-state index contributed by atoms with van der Waals surface area (Å²) in [5.41, 5.74) is 0. The normalized spacial score (nSPS) is 23.1. The van der Waals surface area contributed by atoms with Crippen LogP contribution in [0.5, 0.6) is 0 Å². The van der Waals surface area contributed by atoms with Crippen molar-refractivity contribution in [1.29, 1.82) is 0 Å². The first kappa shape index (κ1) is 15.5. The largest absolute Gasteiger partial charge is 0.334 e. The van der Waals surface area contributed by atoms with E-state index in [0.29, 0.717) is 12.1 Å². The van der Waals surface area contributed by atoms with Gasteiger partial charge in [0.15, 0.2) is 0 Å². The molecular weight excluding hydrogens is 250 g/mol. The molecule has 1 N–H and O–H groups in total. The van der Waals surface area contributed by atoms with Crippen LogP contribution in [0.25, 0.3) is 0 Å². The summed E-state index contributed by atoms with van der Waals surface area (Å²) in [6.07, 6.45) is 6.27. The van der Waals surface area contributed by atoms with E-state index in [0.717, 1.165) is 32.5 Å². The molecule has 2 unspecified atom stereocenters. The zero-order valence-corrected chi connectivity index (χ0v) is 13.3. The van der Waals surface area contributed by atoms with Crippen LogP contribution < -0.4 is 5.32 Å². The molecule has 0 aromatic carbocycles. The smallest absolute Gasteiger partial charge is 0.125 e. The van der Waals surface area contributed by atoms with E-state index < -0.39 is 0 Å². The molecule has 1 saturated heterocycles. The molecule has 0 radical (unpaired) electrons. The number of aromatic nitrogens is 2.